The second-order valence-corrected chi connectivity index (χ2v) is 6.99. The normalized spacial score (nSPS) is 11.6. The summed E-state index contributed by atoms with van der Waals surface area (Å²) in [6.45, 7) is 4.96. The monoisotopic (exact) mass is 365 g/mol. The number of nitrogens with zero attached hydrogens (tertiary/aromatic N) is 2. The van der Waals surface area contributed by atoms with E-state index in [-0.39, 0.29) is 0 Å². The number of thioether (sulfide) groups is 1. The van der Waals surface area contributed by atoms with E-state index in [2.05, 4.69) is 26.1 Å². The summed E-state index contributed by atoms with van der Waals surface area (Å²) in [5, 5.41) is 16.2. The maximum Gasteiger partial charge on any atom is 0.321 e. The molecule has 1 atom stereocenters. The fourth-order valence-electron chi connectivity index (χ4n) is 1.86. The Kier molecular flexibility index (Phi) is 7.01. The van der Waals surface area contributed by atoms with E-state index in [0.29, 0.717) is 16.0 Å². The molecule has 3 N–H and O–H groups in total. The molecule has 1 heterocycles. The summed E-state index contributed by atoms with van der Waals surface area (Å²) in [5.41, 5.74) is 0.796. The third-order valence-electron chi connectivity index (χ3n) is 2.87. The highest BCUT2D eigenvalue weighted by atomic mass is 32.2. The number of imide groups is 1. The van der Waals surface area contributed by atoms with Crippen molar-refractivity contribution in [2.24, 2.45) is 0 Å². The van der Waals surface area contributed by atoms with Crippen molar-refractivity contribution >= 4 is 40.2 Å². The van der Waals surface area contributed by atoms with E-state index in [1.54, 1.807) is 6.92 Å². The van der Waals surface area contributed by atoms with Crippen molar-refractivity contribution in [1.29, 1.82) is 0 Å². The molecular formula is C15H19N5O2S2. The van der Waals surface area contributed by atoms with Gasteiger partial charge in [-0.1, -0.05) is 53.4 Å². The van der Waals surface area contributed by atoms with E-state index in [0.717, 1.165) is 12.1 Å². The largest absolute Gasteiger partial charge is 0.360 e. The molecule has 0 bridgehead atoms. The van der Waals surface area contributed by atoms with Crippen LogP contribution in [0.15, 0.2) is 34.7 Å². The van der Waals surface area contributed by atoms with Gasteiger partial charge in [-0.15, -0.1) is 10.2 Å². The topological polar surface area (TPSA) is 96.0 Å². The molecule has 0 radical (unpaired) electrons. The first kappa shape index (κ1) is 18.2. The maximum atomic E-state index is 12.5. The number of amides is 3. The van der Waals surface area contributed by atoms with Gasteiger partial charge in [-0.25, -0.2) is 4.79 Å². The van der Waals surface area contributed by atoms with Crippen LogP contribution in [0.5, 0.6) is 0 Å². The number of hydrogen-bond donors (Lipinski definition) is 3. The second-order valence-electron chi connectivity index (χ2n) is 4.66. The van der Waals surface area contributed by atoms with Crippen molar-refractivity contribution in [3.63, 3.8) is 0 Å². The van der Waals surface area contributed by atoms with Crippen molar-refractivity contribution in [3.05, 3.63) is 35.9 Å². The first-order valence-electron chi connectivity index (χ1n) is 7.51. The predicted octanol–water partition coefficient (Wildman–Crippen LogP) is 2.65. The predicted molar refractivity (Wildman–Crippen MR) is 96.3 cm³/mol. The van der Waals surface area contributed by atoms with Crippen LogP contribution in [0.25, 0.3) is 0 Å². The van der Waals surface area contributed by atoms with Crippen LogP contribution in [0.1, 0.15) is 24.7 Å². The number of rotatable bonds is 7. The highest BCUT2D eigenvalue weighted by molar-refractivity contribution is 8.01. The van der Waals surface area contributed by atoms with Gasteiger partial charge in [-0.3, -0.25) is 10.1 Å². The van der Waals surface area contributed by atoms with Crippen molar-refractivity contribution in [3.8, 4) is 0 Å². The summed E-state index contributed by atoms with van der Waals surface area (Å²) in [7, 11) is 0. The third-order valence-corrected chi connectivity index (χ3v) is 5.09. The van der Waals surface area contributed by atoms with Gasteiger partial charge in [0, 0.05) is 13.1 Å². The van der Waals surface area contributed by atoms with Crippen LogP contribution in [0.2, 0.25) is 0 Å². The molecule has 3 amide bonds. The fraction of sp³-hybridized carbons (Fsp3) is 0.333. The standard InChI is InChI=1S/C15H19N5O2S2/c1-3-16-13(22)18-12(21)11(10-8-6-5-7-9-10)23-15-20-19-14(24-15)17-4-2/h5-9,11H,3-4H2,1-2H3,(H,17,19)(H2,16,18,21,22)/t11-/m0/s1. The molecule has 2 aromatic rings. The van der Waals surface area contributed by atoms with Crippen LogP contribution in [0.4, 0.5) is 9.93 Å². The van der Waals surface area contributed by atoms with E-state index >= 15 is 0 Å². The fourth-order valence-corrected chi connectivity index (χ4v) is 3.88. The van der Waals surface area contributed by atoms with Crippen LogP contribution < -0.4 is 16.0 Å². The lowest BCUT2D eigenvalue weighted by Crippen LogP contribution is -2.41. The molecule has 0 aliphatic heterocycles. The first-order valence-corrected chi connectivity index (χ1v) is 9.21. The molecule has 0 saturated heterocycles. The molecular weight excluding hydrogens is 346 g/mol. The molecule has 0 aliphatic rings. The molecule has 1 aromatic carbocycles. The molecule has 128 valence electrons. The van der Waals surface area contributed by atoms with Crippen LogP contribution >= 0.6 is 23.1 Å². The van der Waals surface area contributed by atoms with Crippen molar-refractivity contribution in [2.45, 2.75) is 23.4 Å². The van der Waals surface area contributed by atoms with E-state index < -0.39 is 17.2 Å². The lowest BCUT2D eigenvalue weighted by atomic mass is 10.1. The van der Waals surface area contributed by atoms with E-state index in [1.807, 2.05) is 37.3 Å². The van der Waals surface area contributed by atoms with Crippen molar-refractivity contribution < 1.29 is 9.59 Å². The van der Waals surface area contributed by atoms with Gasteiger partial charge < -0.3 is 10.6 Å². The summed E-state index contributed by atoms with van der Waals surface area (Å²) in [5.74, 6) is -0.391. The Morgan fingerprint density at radius 1 is 1.17 bits per heavy atom. The van der Waals surface area contributed by atoms with Crippen LogP contribution in [-0.2, 0) is 4.79 Å². The lowest BCUT2D eigenvalue weighted by molar-refractivity contribution is -0.119. The zero-order valence-corrected chi connectivity index (χ0v) is 15.0. The lowest BCUT2D eigenvalue weighted by Gasteiger charge is -2.15. The SMILES string of the molecule is CCNC(=O)NC(=O)[C@@H](Sc1nnc(NCC)s1)c1ccccc1. The molecule has 24 heavy (non-hydrogen) atoms. The number of nitrogens with one attached hydrogen (secondary N) is 3. The third kappa shape index (κ3) is 5.20. The Labute approximate surface area is 148 Å². The summed E-state index contributed by atoms with van der Waals surface area (Å²) in [6, 6.07) is 8.78. The maximum absolute atomic E-state index is 12.5. The quantitative estimate of drug-likeness (QED) is 0.653. The minimum atomic E-state index is -0.587. The Balaban J connectivity index is 2.16. The number of benzene rings is 1. The summed E-state index contributed by atoms with van der Waals surface area (Å²) in [6.07, 6.45) is 0. The van der Waals surface area contributed by atoms with Crippen LogP contribution in [0.3, 0.4) is 0 Å². The van der Waals surface area contributed by atoms with Gasteiger partial charge >= 0.3 is 6.03 Å². The zero-order chi connectivity index (χ0) is 17.4. The zero-order valence-electron chi connectivity index (χ0n) is 13.4. The van der Waals surface area contributed by atoms with E-state index in [4.69, 9.17) is 0 Å². The molecule has 0 aliphatic carbocycles. The van der Waals surface area contributed by atoms with Gasteiger partial charge in [-0.2, -0.15) is 0 Å². The van der Waals surface area contributed by atoms with Crippen molar-refractivity contribution in [1.82, 2.24) is 20.8 Å². The Morgan fingerprint density at radius 3 is 2.58 bits per heavy atom. The molecule has 1 aromatic heterocycles. The van der Waals surface area contributed by atoms with Gasteiger partial charge in [0.25, 0.3) is 0 Å². The van der Waals surface area contributed by atoms with Gasteiger partial charge in [0.15, 0.2) is 4.34 Å². The number of aromatic nitrogens is 2. The van der Waals surface area contributed by atoms with Crippen molar-refractivity contribution in [2.75, 3.05) is 18.4 Å². The van der Waals surface area contributed by atoms with E-state index in [9.17, 15) is 9.59 Å². The van der Waals surface area contributed by atoms with Gasteiger partial charge in [0.2, 0.25) is 11.0 Å². The second kappa shape index (κ2) is 9.24. The number of urea groups is 1. The summed E-state index contributed by atoms with van der Waals surface area (Å²) in [4.78, 5) is 24.2. The number of carbonyl (C=O) groups excluding carboxylic acids is 2. The number of anilines is 1. The average Bonchev–Trinajstić information content (AvgIpc) is 3.01. The number of hydrogen-bond acceptors (Lipinski definition) is 7. The number of carbonyl (C=O) groups is 2. The van der Waals surface area contributed by atoms with Gasteiger partial charge in [-0.05, 0) is 19.4 Å². The van der Waals surface area contributed by atoms with Gasteiger partial charge in [0.05, 0.1) is 0 Å². The molecule has 9 heteroatoms. The summed E-state index contributed by atoms with van der Waals surface area (Å²) >= 11 is 2.65. The molecule has 0 fully saturated rings. The molecule has 7 nitrogen and oxygen atoms in total. The van der Waals surface area contributed by atoms with Gasteiger partial charge in [0.1, 0.15) is 5.25 Å². The Bertz CT molecular complexity index is 678. The van der Waals surface area contributed by atoms with Crippen LogP contribution in [0, 0.1) is 0 Å². The molecule has 0 spiro atoms. The highest BCUT2D eigenvalue weighted by Gasteiger charge is 2.25. The smallest absolute Gasteiger partial charge is 0.321 e. The minimum Gasteiger partial charge on any atom is -0.360 e. The average molecular weight is 365 g/mol. The molecule has 2 rings (SSSR count). The minimum absolute atomic E-state index is 0.391. The highest BCUT2D eigenvalue weighted by Crippen LogP contribution is 2.37. The summed E-state index contributed by atoms with van der Waals surface area (Å²) < 4.78 is 0.658. The first-order chi connectivity index (χ1) is 11.6. The molecule has 0 saturated carbocycles. The molecule has 0 unspecified atom stereocenters. The Morgan fingerprint density at radius 2 is 1.92 bits per heavy atom. The Hall–Kier alpha value is -2.13. The van der Waals surface area contributed by atoms with Crippen LogP contribution in [-0.4, -0.2) is 35.2 Å². The van der Waals surface area contributed by atoms with E-state index in [1.165, 1.54) is 23.1 Å².